The van der Waals surface area contributed by atoms with E-state index < -0.39 is 29.7 Å². The lowest BCUT2D eigenvalue weighted by Crippen LogP contribution is -2.36. The van der Waals surface area contributed by atoms with Crippen molar-refractivity contribution in [3.63, 3.8) is 0 Å². The van der Waals surface area contributed by atoms with Crippen molar-refractivity contribution in [3.8, 4) is 6.07 Å². The van der Waals surface area contributed by atoms with E-state index in [0.717, 1.165) is 0 Å². The summed E-state index contributed by atoms with van der Waals surface area (Å²) < 4.78 is 36.7. The minimum atomic E-state index is -3.48. The molecule has 0 saturated carbocycles. The summed E-state index contributed by atoms with van der Waals surface area (Å²) in [5.41, 5.74) is -0.851. The van der Waals surface area contributed by atoms with Crippen molar-refractivity contribution in [2.45, 2.75) is 63.7 Å². The summed E-state index contributed by atoms with van der Waals surface area (Å²) in [6.07, 6.45) is 1.30. The molecule has 5 nitrogen and oxygen atoms in total. The summed E-state index contributed by atoms with van der Waals surface area (Å²) in [5, 5.41) is 9.75. The van der Waals surface area contributed by atoms with Gasteiger partial charge in [0.25, 0.3) is 0 Å². The van der Waals surface area contributed by atoms with Gasteiger partial charge in [0, 0.05) is 6.42 Å². The Hall–Kier alpha value is -2.49. The molecule has 0 heterocycles. The van der Waals surface area contributed by atoms with E-state index in [9.17, 15) is 23.6 Å². The van der Waals surface area contributed by atoms with Crippen LogP contribution in [0.25, 0.3) is 0 Å². The predicted molar refractivity (Wildman–Crippen MR) is 99.6 cm³/mol. The Bertz CT molecular complexity index is 673. The zero-order valence-corrected chi connectivity index (χ0v) is 16.4. The first-order valence-corrected chi connectivity index (χ1v) is 9.53. The minimum absolute atomic E-state index is 0.0853. The number of ether oxygens (including phenoxy) is 2. The molecule has 0 amide bonds. The number of benzene rings is 1. The van der Waals surface area contributed by atoms with Crippen LogP contribution in [-0.4, -0.2) is 31.1 Å². The lowest BCUT2D eigenvalue weighted by Gasteiger charge is -2.25. The van der Waals surface area contributed by atoms with Crippen LogP contribution in [0.1, 0.15) is 57.9 Å². The van der Waals surface area contributed by atoms with Gasteiger partial charge in [0.05, 0.1) is 19.3 Å². The van der Waals surface area contributed by atoms with Gasteiger partial charge in [-0.05, 0) is 32.3 Å². The van der Waals surface area contributed by atoms with E-state index in [2.05, 4.69) is 10.8 Å². The number of nitriles is 1. The maximum Gasteiger partial charge on any atom is 0.376 e. The molecule has 1 unspecified atom stereocenters. The first-order chi connectivity index (χ1) is 13.3. The summed E-state index contributed by atoms with van der Waals surface area (Å²) >= 11 is 0. The van der Waals surface area contributed by atoms with E-state index in [-0.39, 0.29) is 26.1 Å². The van der Waals surface area contributed by atoms with E-state index in [1.54, 1.807) is 37.3 Å². The zero-order valence-electron chi connectivity index (χ0n) is 16.4. The van der Waals surface area contributed by atoms with Crippen molar-refractivity contribution in [1.29, 1.82) is 5.26 Å². The number of alkyl halides is 2. The normalized spacial score (nSPS) is 13.2. The van der Waals surface area contributed by atoms with Crippen LogP contribution >= 0.6 is 0 Å². The molecule has 0 aliphatic heterocycles. The number of carbonyl (C=O) groups is 2. The Labute approximate surface area is 164 Å². The summed E-state index contributed by atoms with van der Waals surface area (Å²) in [4.78, 5) is 23.7. The Morgan fingerprint density at radius 1 is 0.929 bits per heavy atom. The maximum absolute atomic E-state index is 13.6. The molecule has 0 bridgehead atoms. The zero-order chi connectivity index (χ0) is 21.0. The molecule has 7 heteroatoms. The maximum atomic E-state index is 13.6. The van der Waals surface area contributed by atoms with Crippen LogP contribution < -0.4 is 0 Å². The average molecular weight is 395 g/mol. The Morgan fingerprint density at radius 3 is 2.00 bits per heavy atom. The van der Waals surface area contributed by atoms with Gasteiger partial charge in [0.1, 0.15) is 0 Å². The highest BCUT2D eigenvalue weighted by atomic mass is 19.3. The van der Waals surface area contributed by atoms with Crippen LogP contribution in [0.3, 0.4) is 0 Å². The van der Waals surface area contributed by atoms with Crippen molar-refractivity contribution in [2.75, 3.05) is 13.2 Å². The molecule has 1 aromatic carbocycles. The van der Waals surface area contributed by atoms with Crippen molar-refractivity contribution in [1.82, 2.24) is 0 Å². The fourth-order valence-corrected chi connectivity index (χ4v) is 2.94. The summed E-state index contributed by atoms with van der Waals surface area (Å²) in [5.74, 6) is -5.58. The third-order valence-corrected chi connectivity index (χ3v) is 4.45. The molecule has 0 aliphatic rings. The van der Waals surface area contributed by atoms with Gasteiger partial charge in [0.15, 0.2) is 5.41 Å². The molecule has 28 heavy (non-hydrogen) atoms. The van der Waals surface area contributed by atoms with Crippen molar-refractivity contribution in [3.05, 3.63) is 35.9 Å². The van der Waals surface area contributed by atoms with E-state index in [1.807, 2.05) is 0 Å². The quantitative estimate of drug-likeness (QED) is 0.383. The molecule has 0 fully saturated rings. The Morgan fingerprint density at radius 2 is 1.46 bits per heavy atom. The number of hydrogen-bond donors (Lipinski definition) is 0. The summed E-state index contributed by atoms with van der Waals surface area (Å²) in [6.45, 7) is 3.23. The Kier molecular flexibility index (Phi) is 9.57. The molecule has 0 aliphatic carbocycles. The fourth-order valence-electron chi connectivity index (χ4n) is 2.94. The third-order valence-electron chi connectivity index (χ3n) is 4.45. The number of carbonyl (C=O) groups excluding carboxylic acids is 2. The molecule has 0 spiro atoms. The van der Waals surface area contributed by atoms with Gasteiger partial charge in [-0.2, -0.15) is 14.0 Å². The largest absolute Gasteiger partial charge is 0.465 e. The molecule has 1 rings (SSSR count). The number of esters is 2. The topological polar surface area (TPSA) is 76.4 Å². The molecule has 0 aromatic heterocycles. The van der Waals surface area contributed by atoms with Gasteiger partial charge >= 0.3 is 17.9 Å². The molecule has 0 N–H and O–H groups in total. The average Bonchev–Trinajstić information content (AvgIpc) is 2.68. The van der Waals surface area contributed by atoms with Crippen LogP contribution in [0.15, 0.2) is 30.3 Å². The molecular formula is C21H27F2NO4. The second-order valence-corrected chi connectivity index (χ2v) is 6.44. The highest BCUT2D eigenvalue weighted by Crippen LogP contribution is 2.32. The minimum Gasteiger partial charge on any atom is -0.465 e. The fraction of sp³-hybridized carbons (Fsp3) is 0.571. The van der Waals surface area contributed by atoms with E-state index in [1.165, 1.54) is 6.92 Å². The monoisotopic (exact) mass is 395 g/mol. The first kappa shape index (κ1) is 23.5. The predicted octanol–water partition coefficient (Wildman–Crippen LogP) is 4.55. The lowest BCUT2D eigenvalue weighted by atomic mass is 9.77. The van der Waals surface area contributed by atoms with Crippen molar-refractivity contribution in [2.24, 2.45) is 0 Å². The summed E-state index contributed by atoms with van der Waals surface area (Å²) in [6, 6.07) is 10.8. The van der Waals surface area contributed by atoms with Crippen molar-refractivity contribution >= 4 is 11.9 Å². The summed E-state index contributed by atoms with van der Waals surface area (Å²) in [7, 11) is 0. The molecule has 154 valence electrons. The van der Waals surface area contributed by atoms with Gasteiger partial charge in [-0.15, -0.1) is 0 Å². The highest BCUT2D eigenvalue weighted by molar-refractivity contribution is 5.86. The number of unbranched alkanes of at least 4 members (excludes halogenated alkanes) is 3. The number of nitrogens with zero attached hydrogens (tertiary/aromatic N) is 1. The second kappa shape index (κ2) is 11.4. The molecule has 0 saturated heterocycles. The van der Waals surface area contributed by atoms with Gasteiger partial charge in [0.2, 0.25) is 0 Å². The van der Waals surface area contributed by atoms with Gasteiger partial charge in [-0.1, -0.05) is 49.6 Å². The van der Waals surface area contributed by atoms with E-state index in [0.29, 0.717) is 24.8 Å². The van der Waals surface area contributed by atoms with Crippen LogP contribution in [0.4, 0.5) is 8.78 Å². The molecule has 0 radical (unpaired) electrons. The van der Waals surface area contributed by atoms with Gasteiger partial charge in [-0.3, -0.25) is 0 Å². The van der Waals surface area contributed by atoms with Gasteiger partial charge < -0.3 is 9.47 Å². The Balaban J connectivity index is 2.62. The second-order valence-electron chi connectivity index (χ2n) is 6.44. The van der Waals surface area contributed by atoms with Crippen LogP contribution in [0.2, 0.25) is 0 Å². The van der Waals surface area contributed by atoms with E-state index >= 15 is 0 Å². The van der Waals surface area contributed by atoms with Crippen LogP contribution in [0.5, 0.6) is 0 Å². The third kappa shape index (κ3) is 6.29. The highest BCUT2D eigenvalue weighted by Gasteiger charge is 2.42. The van der Waals surface area contributed by atoms with Crippen LogP contribution in [-0.2, 0) is 24.5 Å². The van der Waals surface area contributed by atoms with Crippen LogP contribution in [0, 0.1) is 11.3 Å². The molecular weight excluding hydrogens is 368 g/mol. The first-order valence-electron chi connectivity index (χ1n) is 9.53. The standard InChI is InChI=1S/C21H27F2NO4/c1-3-27-18(25)20(16-24,17-12-8-7-9-13-17)14-10-5-6-11-15-21(22,23)19(26)28-4-2/h7-9,12-13H,3-6,10-11,14-15H2,1-2H3. The lowest BCUT2D eigenvalue weighted by molar-refractivity contribution is -0.172. The van der Waals surface area contributed by atoms with Crippen molar-refractivity contribution < 1.29 is 27.8 Å². The van der Waals surface area contributed by atoms with E-state index in [4.69, 9.17) is 4.74 Å². The SMILES string of the molecule is CCOC(=O)C(F)(F)CCCCCCC(C#N)(C(=O)OCC)c1ccccc1. The van der Waals surface area contributed by atoms with Gasteiger partial charge in [-0.25, -0.2) is 9.59 Å². The molecule has 1 atom stereocenters. The molecule has 1 aromatic rings. The number of hydrogen-bond acceptors (Lipinski definition) is 5. The smallest absolute Gasteiger partial charge is 0.376 e. The number of rotatable bonds is 12. The number of halogens is 2.